The number of ether oxygens (including phenoxy) is 1. The van der Waals surface area contributed by atoms with E-state index in [9.17, 15) is 18.0 Å². The van der Waals surface area contributed by atoms with Crippen molar-refractivity contribution in [3.05, 3.63) is 23.8 Å². The number of sulfone groups is 1. The molecule has 0 N–H and O–H groups in total. The molecule has 2 saturated heterocycles. The first-order valence-corrected chi connectivity index (χ1v) is 11.1. The standard InChI is InChI=1S/C19H27N3O5S/c1-13-5-6-17(27-4)16(9-13)21-11-14(10-18(21)23)19(24)22(20(2)3)15-7-8-28(25,26)12-15/h5-6,9,14-15H,7-8,10-12H2,1-4H3. The molecule has 3 rings (SSSR count). The van der Waals surface area contributed by atoms with Crippen molar-refractivity contribution in [2.24, 2.45) is 5.92 Å². The Morgan fingerprint density at radius 3 is 2.57 bits per heavy atom. The van der Waals surface area contributed by atoms with E-state index in [4.69, 9.17) is 4.74 Å². The number of anilines is 1. The van der Waals surface area contributed by atoms with E-state index < -0.39 is 15.8 Å². The molecule has 2 amide bonds. The van der Waals surface area contributed by atoms with Crippen LogP contribution in [-0.2, 0) is 19.4 Å². The first kappa shape index (κ1) is 20.6. The fourth-order valence-corrected chi connectivity index (χ4v) is 5.67. The van der Waals surface area contributed by atoms with Gasteiger partial charge < -0.3 is 9.64 Å². The molecular weight excluding hydrogens is 382 g/mol. The van der Waals surface area contributed by atoms with Crippen LogP contribution in [0, 0.1) is 12.8 Å². The number of hydrazine groups is 1. The molecule has 2 atom stereocenters. The molecule has 8 nitrogen and oxygen atoms in total. The highest BCUT2D eigenvalue weighted by molar-refractivity contribution is 7.91. The minimum atomic E-state index is -3.12. The van der Waals surface area contributed by atoms with Gasteiger partial charge in [-0.15, -0.1) is 0 Å². The third-order valence-corrected chi connectivity index (χ3v) is 7.06. The van der Waals surface area contributed by atoms with Crippen LogP contribution in [0.25, 0.3) is 0 Å². The van der Waals surface area contributed by atoms with Crippen molar-refractivity contribution in [3.8, 4) is 5.75 Å². The number of amides is 2. The molecule has 0 bridgehead atoms. The van der Waals surface area contributed by atoms with E-state index in [1.54, 1.807) is 31.1 Å². The number of hydrogen-bond donors (Lipinski definition) is 0. The molecule has 2 aliphatic heterocycles. The van der Waals surface area contributed by atoms with E-state index in [1.807, 2.05) is 25.1 Å². The minimum absolute atomic E-state index is 0.0347. The zero-order valence-corrected chi connectivity index (χ0v) is 17.5. The summed E-state index contributed by atoms with van der Waals surface area (Å²) in [6.45, 7) is 2.18. The maximum atomic E-state index is 13.2. The van der Waals surface area contributed by atoms with Crippen molar-refractivity contribution in [2.45, 2.75) is 25.8 Å². The highest BCUT2D eigenvalue weighted by Crippen LogP contribution is 2.35. The molecule has 2 fully saturated rings. The molecule has 9 heteroatoms. The lowest BCUT2D eigenvalue weighted by Crippen LogP contribution is -2.52. The summed E-state index contributed by atoms with van der Waals surface area (Å²) in [6, 6.07) is 5.20. The molecule has 154 valence electrons. The molecule has 0 spiro atoms. The van der Waals surface area contributed by atoms with Gasteiger partial charge in [-0.25, -0.2) is 13.4 Å². The number of benzene rings is 1. The number of carbonyl (C=O) groups is 2. The molecule has 0 radical (unpaired) electrons. The summed E-state index contributed by atoms with van der Waals surface area (Å²) in [5, 5.41) is 3.15. The van der Waals surface area contributed by atoms with Gasteiger partial charge in [0.05, 0.1) is 36.3 Å². The third-order valence-electron chi connectivity index (χ3n) is 5.31. The summed E-state index contributed by atoms with van der Waals surface area (Å²) in [5.41, 5.74) is 1.65. The van der Waals surface area contributed by atoms with Crippen molar-refractivity contribution in [1.29, 1.82) is 0 Å². The normalized spacial score (nSPS) is 24.0. The number of hydrogen-bond acceptors (Lipinski definition) is 6. The monoisotopic (exact) mass is 409 g/mol. The van der Waals surface area contributed by atoms with Gasteiger partial charge in [0, 0.05) is 27.1 Å². The summed E-state index contributed by atoms with van der Waals surface area (Å²) >= 11 is 0. The van der Waals surface area contributed by atoms with Crippen LogP contribution < -0.4 is 9.64 Å². The lowest BCUT2D eigenvalue weighted by atomic mass is 10.1. The van der Waals surface area contributed by atoms with Gasteiger partial charge in [0.1, 0.15) is 5.75 Å². The predicted octanol–water partition coefficient (Wildman–Crippen LogP) is 0.849. The van der Waals surface area contributed by atoms with E-state index in [0.717, 1.165) is 5.56 Å². The molecule has 1 aromatic rings. The predicted molar refractivity (Wildman–Crippen MR) is 106 cm³/mol. The van der Waals surface area contributed by atoms with E-state index in [0.29, 0.717) is 17.9 Å². The van der Waals surface area contributed by atoms with Gasteiger partial charge in [-0.3, -0.25) is 14.6 Å². The van der Waals surface area contributed by atoms with Gasteiger partial charge in [0.15, 0.2) is 9.84 Å². The summed E-state index contributed by atoms with van der Waals surface area (Å²) in [5.74, 6) is -0.241. The number of methoxy groups -OCH3 is 1. The van der Waals surface area contributed by atoms with Crippen molar-refractivity contribution >= 4 is 27.3 Å². The van der Waals surface area contributed by atoms with Gasteiger partial charge >= 0.3 is 0 Å². The Hall–Kier alpha value is -2.13. The van der Waals surface area contributed by atoms with E-state index >= 15 is 0 Å². The van der Waals surface area contributed by atoms with Crippen LogP contribution in [0.1, 0.15) is 18.4 Å². The molecule has 0 aliphatic carbocycles. The molecule has 1 aromatic carbocycles. The number of nitrogens with zero attached hydrogens (tertiary/aromatic N) is 3. The Labute approximate surface area is 165 Å². The molecular formula is C19H27N3O5S. The summed E-state index contributed by atoms with van der Waals surface area (Å²) in [7, 11) is 1.87. The Morgan fingerprint density at radius 2 is 2.00 bits per heavy atom. The van der Waals surface area contributed by atoms with E-state index in [1.165, 1.54) is 5.01 Å². The molecule has 0 saturated carbocycles. The lowest BCUT2D eigenvalue weighted by Gasteiger charge is -2.35. The zero-order valence-electron chi connectivity index (χ0n) is 16.7. The van der Waals surface area contributed by atoms with Gasteiger partial charge in [0.2, 0.25) is 11.8 Å². The third kappa shape index (κ3) is 4.00. The highest BCUT2D eigenvalue weighted by atomic mass is 32.2. The van der Waals surface area contributed by atoms with Crippen molar-refractivity contribution in [2.75, 3.05) is 44.2 Å². The second kappa shape index (κ2) is 7.71. The van der Waals surface area contributed by atoms with E-state index in [-0.39, 0.29) is 42.3 Å². The van der Waals surface area contributed by atoms with Gasteiger partial charge in [0.25, 0.3) is 0 Å². The quantitative estimate of drug-likeness (QED) is 0.670. The highest BCUT2D eigenvalue weighted by Gasteiger charge is 2.43. The first-order valence-electron chi connectivity index (χ1n) is 9.28. The topological polar surface area (TPSA) is 87.2 Å². The molecule has 2 aliphatic rings. The second-order valence-corrected chi connectivity index (χ2v) is 9.90. The van der Waals surface area contributed by atoms with E-state index in [2.05, 4.69) is 0 Å². The lowest BCUT2D eigenvalue weighted by molar-refractivity contribution is -0.153. The zero-order chi connectivity index (χ0) is 20.6. The van der Waals surface area contributed by atoms with Crippen LogP contribution in [-0.4, -0.2) is 75.5 Å². The Kier molecular flexibility index (Phi) is 5.67. The van der Waals surface area contributed by atoms with Crippen LogP contribution >= 0.6 is 0 Å². The van der Waals surface area contributed by atoms with Gasteiger partial charge in [-0.1, -0.05) is 6.07 Å². The summed E-state index contributed by atoms with van der Waals surface area (Å²) < 4.78 is 29.1. The number of carbonyl (C=O) groups excluding carboxylic acids is 2. The molecule has 0 aromatic heterocycles. The van der Waals surface area contributed by atoms with Crippen LogP contribution in [0.5, 0.6) is 5.75 Å². The molecule has 2 unspecified atom stereocenters. The Balaban J connectivity index is 1.82. The fourth-order valence-electron chi connectivity index (χ4n) is 3.98. The maximum Gasteiger partial charge on any atom is 0.242 e. The molecule has 2 heterocycles. The number of aryl methyl sites for hydroxylation is 1. The Morgan fingerprint density at radius 1 is 1.29 bits per heavy atom. The van der Waals surface area contributed by atoms with Crippen LogP contribution in [0.2, 0.25) is 0 Å². The largest absolute Gasteiger partial charge is 0.495 e. The van der Waals surface area contributed by atoms with Crippen molar-refractivity contribution < 1.29 is 22.7 Å². The SMILES string of the molecule is COc1ccc(C)cc1N1CC(C(=O)N(C2CCS(=O)(=O)C2)N(C)C)CC1=O. The van der Waals surface area contributed by atoms with Crippen LogP contribution in [0.3, 0.4) is 0 Å². The molecule has 28 heavy (non-hydrogen) atoms. The maximum absolute atomic E-state index is 13.2. The average molecular weight is 410 g/mol. The van der Waals surface area contributed by atoms with Crippen LogP contribution in [0.4, 0.5) is 5.69 Å². The Bertz CT molecular complexity index is 884. The summed E-state index contributed by atoms with van der Waals surface area (Å²) in [4.78, 5) is 27.5. The first-order chi connectivity index (χ1) is 13.1. The second-order valence-electron chi connectivity index (χ2n) is 7.67. The summed E-state index contributed by atoms with van der Waals surface area (Å²) in [6.07, 6.45) is 0.516. The minimum Gasteiger partial charge on any atom is -0.495 e. The van der Waals surface area contributed by atoms with Gasteiger partial charge in [-0.2, -0.15) is 0 Å². The van der Waals surface area contributed by atoms with Crippen LogP contribution in [0.15, 0.2) is 18.2 Å². The van der Waals surface area contributed by atoms with Crippen molar-refractivity contribution in [1.82, 2.24) is 10.0 Å². The fraction of sp³-hybridized carbons (Fsp3) is 0.579. The van der Waals surface area contributed by atoms with Crippen molar-refractivity contribution in [3.63, 3.8) is 0 Å². The average Bonchev–Trinajstić information content (AvgIpc) is 3.17. The smallest absolute Gasteiger partial charge is 0.242 e. The number of rotatable bonds is 5. The van der Waals surface area contributed by atoms with Gasteiger partial charge in [-0.05, 0) is 31.0 Å².